The van der Waals surface area contributed by atoms with Gasteiger partial charge in [0.15, 0.2) is 0 Å². The summed E-state index contributed by atoms with van der Waals surface area (Å²) in [7, 11) is 0.231. The molecule has 4 heteroatoms. The number of rotatable bonds is 6. The van der Waals surface area contributed by atoms with Crippen LogP contribution in [0, 0.1) is 40.7 Å². The molecule has 2 aliphatic rings. The molecule has 28 heavy (non-hydrogen) atoms. The van der Waals surface area contributed by atoms with Gasteiger partial charge in [-0.1, -0.05) is 31.2 Å². The van der Waals surface area contributed by atoms with Gasteiger partial charge >= 0.3 is 0 Å². The van der Waals surface area contributed by atoms with Gasteiger partial charge in [-0.2, -0.15) is 5.26 Å². The van der Waals surface area contributed by atoms with Gasteiger partial charge in [0, 0.05) is 9.52 Å². The van der Waals surface area contributed by atoms with Gasteiger partial charge < -0.3 is 0 Å². The summed E-state index contributed by atoms with van der Waals surface area (Å²) in [5.41, 5.74) is 0.247. The van der Waals surface area contributed by atoms with Crippen molar-refractivity contribution in [3.05, 3.63) is 47.0 Å². The minimum absolute atomic E-state index is 0.207. The molecule has 0 aromatic heterocycles. The van der Waals surface area contributed by atoms with Gasteiger partial charge in [-0.25, -0.2) is 8.78 Å². The summed E-state index contributed by atoms with van der Waals surface area (Å²) in [6.45, 7) is 2.41. The number of nitriles is 1. The minimum Gasteiger partial charge on any atom is -0.205 e. The molecular formula is C24H33F2NSi. The van der Waals surface area contributed by atoms with E-state index < -0.39 is 17.2 Å². The van der Waals surface area contributed by atoms with Crippen molar-refractivity contribution in [2.75, 3.05) is 0 Å². The van der Waals surface area contributed by atoms with Crippen LogP contribution in [-0.2, 0) is 0 Å². The van der Waals surface area contributed by atoms with Crippen molar-refractivity contribution in [3.8, 4) is 6.07 Å². The van der Waals surface area contributed by atoms with Gasteiger partial charge in [0.1, 0.15) is 23.3 Å². The zero-order valence-corrected chi connectivity index (χ0v) is 18.5. The number of nitrogens with zero attached hydrogens (tertiary/aromatic N) is 1. The zero-order valence-electron chi connectivity index (χ0n) is 17.1. The van der Waals surface area contributed by atoms with Crippen LogP contribution in [0.25, 0.3) is 0 Å². The van der Waals surface area contributed by atoms with E-state index in [1.165, 1.54) is 50.3 Å². The Hall–Kier alpha value is -1.47. The van der Waals surface area contributed by atoms with Crippen molar-refractivity contribution >= 4 is 9.52 Å². The summed E-state index contributed by atoms with van der Waals surface area (Å²) in [6.07, 6.45) is 16.0. The molecule has 0 N–H and O–H groups in total. The van der Waals surface area contributed by atoms with Crippen LogP contribution in [0.3, 0.4) is 0 Å². The maximum atomic E-state index is 13.9. The summed E-state index contributed by atoms with van der Waals surface area (Å²) in [6, 6.07) is 5.85. The predicted octanol–water partition coefficient (Wildman–Crippen LogP) is 6.50. The van der Waals surface area contributed by atoms with Crippen molar-refractivity contribution in [2.24, 2.45) is 17.8 Å². The molecule has 2 fully saturated rings. The molecule has 0 atom stereocenters. The Kier molecular flexibility index (Phi) is 7.85. The maximum absolute atomic E-state index is 13.9. The third kappa shape index (κ3) is 5.53. The third-order valence-corrected chi connectivity index (χ3v) is 8.05. The summed E-state index contributed by atoms with van der Waals surface area (Å²) in [5, 5.41) is 8.82. The summed E-state index contributed by atoms with van der Waals surface area (Å²) < 4.78 is 27.8. The van der Waals surface area contributed by atoms with E-state index in [4.69, 9.17) is 5.26 Å². The van der Waals surface area contributed by atoms with Crippen LogP contribution < -0.4 is 0 Å². The van der Waals surface area contributed by atoms with Crippen molar-refractivity contribution in [3.63, 3.8) is 0 Å². The van der Waals surface area contributed by atoms with Crippen LogP contribution in [0.4, 0.5) is 8.78 Å². The lowest BCUT2D eigenvalue weighted by atomic mass is 9.77. The zero-order chi connectivity index (χ0) is 19.9. The molecule has 2 saturated carbocycles. The molecule has 0 unspecified atom stereocenters. The lowest BCUT2D eigenvalue weighted by Crippen LogP contribution is -2.15. The summed E-state index contributed by atoms with van der Waals surface area (Å²) in [5.74, 6) is 1.11. The van der Waals surface area contributed by atoms with Crippen molar-refractivity contribution in [1.82, 2.24) is 0 Å². The van der Waals surface area contributed by atoms with E-state index in [1.54, 1.807) is 6.07 Å². The molecule has 0 saturated heterocycles. The molecule has 0 aliphatic heterocycles. The van der Waals surface area contributed by atoms with Crippen LogP contribution in [0.2, 0.25) is 12.6 Å². The largest absolute Gasteiger partial charge is 0.205 e. The molecule has 152 valence electrons. The fraction of sp³-hybridized carbons (Fsp3) is 0.625. The number of hydrogen-bond acceptors (Lipinski definition) is 1. The standard InChI is InChI=1S/C24H33F2NSi/c1-28-13-12-19-6-4-17(5-7-19)2-3-18-8-10-20(11-9-18)21-14-23(25)22(16-27)24(26)15-21/h2-3,14-15,17-20H,4-13,28H2,1H3/b3-2+. The van der Waals surface area contributed by atoms with Crippen molar-refractivity contribution in [2.45, 2.75) is 76.3 Å². The van der Waals surface area contributed by atoms with E-state index in [1.807, 2.05) is 0 Å². The quantitative estimate of drug-likeness (QED) is 0.394. The van der Waals surface area contributed by atoms with Gasteiger partial charge in [0.25, 0.3) is 0 Å². The number of allylic oxidation sites excluding steroid dienone is 2. The van der Waals surface area contributed by atoms with Gasteiger partial charge in [-0.05, 0) is 92.7 Å². The fourth-order valence-corrected chi connectivity index (χ4v) is 6.04. The Morgan fingerprint density at radius 1 is 0.964 bits per heavy atom. The Morgan fingerprint density at radius 3 is 2.00 bits per heavy atom. The smallest absolute Gasteiger partial charge is 0.144 e. The molecule has 0 amide bonds. The van der Waals surface area contributed by atoms with Crippen molar-refractivity contribution in [1.29, 1.82) is 5.26 Å². The Balaban J connectivity index is 1.46. The highest BCUT2D eigenvalue weighted by molar-refractivity contribution is 6.33. The maximum Gasteiger partial charge on any atom is 0.144 e. The molecule has 3 rings (SSSR count). The first-order chi connectivity index (χ1) is 13.6. The third-order valence-electron chi connectivity index (χ3n) is 6.93. The first-order valence-corrected chi connectivity index (χ1v) is 13.6. The van der Waals surface area contributed by atoms with Crippen LogP contribution >= 0.6 is 0 Å². The average molecular weight is 402 g/mol. The predicted molar refractivity (Wildman–Crippen MR) is 114 cm³/mol. The molecular weight excluding hydrogens is 368 g/mol. The number of halogens is 2. The Morgan fingerprint density at radius 2 is 1.50 bits per heavy atom. The molecule has 1 nitrogen and oxygen atoms in total. The second-order valence-electron chi connectivity index (χ2n) is 8.89. The number of benzene rings is 1. The Bertz CT molecular complexity index is 685. The highest BCUT2D eigenvalue weighted by Crippen LogP contribution is 2.38. The molecule has 1 aromatic carbocycles. The SMILES string of the molecule is C[SiH2]CCC1CCC(/C=C/C2CCC(c3cc(F)c(C#N)c(F)c3)CC2)CC1. The van der Waals surface area contributed by atoms with Crippen LogP contribution in [-0.4, -0.2) is 9.52 Å². The highest BCUT2D eigenvalue weighted by atomic mass is 28.2. The van der Waals surface area contributed by atoms with Crippen molar-refractivity contribution < 1.29 is 8.78 Å². The summed E-state index contributed by atoms with van der Waals surface area (Å²) >= 11 is 0. The van der Waals surface area contributed by atoms with E-state index in [0.29, 0.717) is 11.5 Å². The van der Waals surface area contributed by atoms with Crippen LogP contribution in [0.15, 0.2) is 24.3 Å². The monoisotopic (exact) mass is 401 g/mol. The van der Waals surface area contributed by atoms with E-state index in [9.17, 15) is 8.78 Å². The lowest BCUT2D eigenvalue weighted by molar-refractivity contribution is 0.301. The molecule has 0 spiro atoms. The van der Waals surface area contributed by atoms with E-state index in [-0.39, 0.29) is 15.4 Å². The first kappa shape index (κ1) is 21.2. The summed E-state index contributed by atoms with van der Waals surface area (Å²) in [4.78, 5) is 0. The second-order valence-corrected chi connectivity index (χ2v) is 10.6. The molecule has 1 aromatic rings. The van der Waals surface area contributed by atoms with Crippen LogP contribution in [0.5, 0.6) is 0 Å². The topological polar surface area (TPSA) is 23.8 Å². The van der Waals surface area contributed by atoms with Gasteiger partial charge in [-0.3, -0.25) is 0 Å². The van der Waals surface area contributed by atoms with Gasteiger partial charge in [-0.15, -0.1) is 0 Å². The Labute approximate surface area is 171 Å². The minimum atomic E-state index is -0.726. The van der Waals surface area contributed by atoms with E-state index >= 15 is 0 Å². The molecule has 0 bridgehead atoms. The number of hydrogen-bond donors (Lipinski definition) is 0. The average Bonchev–Trinajstić information content (AvgIpc) is 2.71. The van der Waals surface area contributed by atoms with Crippen LogP contribution in [0.1, 0.15) is 74.8 Å². The first-order valence-electron chi connectivity index (χ1n) is 11.2. The molecule has 0 heterocycles. The lowest BCUT2D eigenvalue weighted by Gasteiger charge is -2.29. The van der Waals surface area contributed by atoms with Gasteiger partial charge in [0.2, 0.25) is 0 Å². The van der Waals surface area contributed by atoms with E-state index in [2.05, 4.69) is 18.7 Å². The normalized spacial score (nSPS) is 28.8. The van der Waals surface area contributed by atoms with E-state index in [0.717, 1.165) is 37.5 Å². The second kappa shape index (κ2) is 10.3. The fourth-order valence-electron chi connectivity index (χ4n) is 5.06. The van der Waals surface area contributed by atoms with Gasteiger partial charge in [0.05, 0.1) is 0 Å². The molecule has 0 radical (unpaired) electrons. The molecule has 2 aliphatic carbocycles. The highest BCUT2D eigenvalue weighted by Gasteiger charge is 2.24.